The molecule has 2 amide bonds. The van der Waals surface area contributed by atoms with Gasteiger partial charge in [-0.25, -0.2) is 22.4 Å². The van der Waals surface area contributed by atoms with Crippen molar-refractivity contribution in [1.29, 1.82) is 0 Å². The Morgan fingerprint density at radius 1 is 1.32 bits per heavy atom. The minimum Gasteiger partial charge on any atom is -0.442 e. The van der Waals surface area contributed by atoms with Crippen LogP contribution in [-0.2, 0) is 9.53 Å². The van der Waals surface area contributed by atoms with Crippen LogP contribution in [0.2, 0.25) is 0 Å². The Kier molecular flexibility index (Phi) is 6.01. The van der Waals surface area contributed by atoms with E-state index in [-0.39, 0.29) is 36.7 Å². The van der Waals surface area contributed by atoms with E-state index in [1.165, 1.54) is 0 Å². The molecule has 3 rings (SSSR count). The highest BCUT2D eigenvalue weighted by atomic mass is 32.1. The Balaban J connectivity index is 1.72. The predicted octanol–water partition coefficient (Wildman–Crippen LogP) is 2.47. The number of benzene rings is 1. The lowest BCUT2D eigenvalue weighted by Crippen LogP contribution is -2.36. The number of hydrogen-bond acceptors (Lipinski definition) is 4. The molecule has 1 aromatic rings. The zero-order valence-corrected chi connectivity index (χ0v) is 15.3. The van der Waals surface area contributed by atoms with Crippen LogP contribution in [0.25, 0.3) is 0 Å². The summed E-state index contributed by atoms with van der Waals surface area (Å²) in [5, 5.41) is 4.89. The van der Waals surface area contributed by atoms with Gasteiger partial charge in [-0.15, -0.1) is 0 Å². The summed E-state index contributed by atoms with van der Waals surface area (Å²) in [6, 6.07) is 2.01. The molecule has 0 saturated carbocycles. The Hall–Kier alpha value is -2.43. The van der Waals surface area contributed by atoms with Crippen LogP contribution in [-0.4, -0.2) is 49.2 Å². The molecular formula is C17H17F4N3O3S. The van der Waals surface area contributed by atoms with Crippen LogP contribution in [0.1, 0.15) is 24.3 Å². The minimum absolute atomic E-state index is 0.0171. The molecule has 152 valence electrons. The molecule has 2 unspecified atom stereocenters. The van der Waals surface area contributed by atoms with Crippen LogP contribution in [0.15, 0.2) is 12.1 Å². The zero-order valence-electron chi connectivity index (χ0n) is 14.5. The van der Waals surface area contributed by atoms with Gasteiger partial charge in [-0.2, -0.15) is 0 Å². The maximum absolute atomic E-state index is 14.6. The van der Waals surface area contributed by atoms with E-state index in [1.54, 1.807) is 0 Å². The first-order chi connectivity index (χ1) is 13.3. The Bertz CT molecular complexity index is 785. The Labute approximate surface area is 163 Å². The van der Waals surface area contributed by atoms with Crippen LogP contribution in [0, 0.1) is 11.6 Å². The van der Waals surface area contributed by atoms with Crippen molar-refractivity contribution >= 4 is 34.9 Å². The van der Waals surface area contributed by atoms with E-state index in [1.807, 2.05) is 0 Å². The number of nitrogens with zero attached hydrogens (tertiary/aromatic N) is 1. The molecule has 0 radical (unpaired) electrons. The molecule has 0 aromatic heterocycles. The van der Waals surface area contributed by atoms with Gasteiger partial charge in [-0.05, 0) is 18.6 Å². The molecule has 0 aliphatic carbocycles. The highest BCUT2D eigenvalue weighted by Gasteiger charge is 2.34. The predicted molar refractivity (Wildman–Crippen MR) is 95.6 cm³/mol. The molecule has 2 atom stereocenters. The molecule has 6 nitrogen and oxygen atoms in total. The van der Waals surface area contributed by atoms with Crippen molar-refractivity contribution in [1.82, 2.24) is 10.6 Å². The number of rotatable bonds is 5. The molecule has 11 heteroatoms. The van der Waals surface area contributed by atoms with Crippen molar-refractivity contribution in [2.75, 3.05) is 24.5 Å². The summed E-state index contributed by atoms with van der Waals surface area (Å²) in [6.07, 6.45) is -4.10. The number of alkyl halides is 2. The fourth-order valence-electron chi connectivity index (χ4n) is 3.28. The van der Waals surface area contributed by atoms with Crippen molar-refractivity contribution in [2.24, 2.45) is 0 Å². The lowest BCUT2D eigenvalue weighted by Gasteiger charge is -2.24. The minimum atomic E-state index is -2.83. The van der Waals surface area contributed by atoms with E-state index in [0.29, 0.717) is 13.0 Å². The van der Waals surface area contributed by atoms with Crippen LogP contribution >= 0.6 is 12.2 Å². The zero-order chi connectivity index (χ0) is 20.4. The molecule has 1 aromatic carbocycles. The molecule has 0 bridgehead atoms. The summed E-state index contributed by atoms with van der Waals surface area (Å²) in [7, 11) is 0. The third-order valence-electron chi connectivity index (χ3n) is 4.61. The Morgan fingerprint density at radius 3 is 2.61 bits per heavy atom. The van der Waals surface area contributed by atoms with Crippen molar-refractivity contribution in [3.05, 3.63) is 29.3 Å². The number of carbonyl (C=O) groups is 2. The number of cyclic esters (lactones) is 1. The molecule has 28 heavy (non-hydrogen) atoms. The van der Waals surface area contributed by atoms with Gasteiger partial charge in [0.05, 0.1) is 18.8 Å². The topological polar surface area (TPSA) is 70.7 Å². The van der Waals surface area contributed by atoms with E-state index in [0.717, 1.165) is 17.0 Å². The molecule has 2 fully saturated rings. The second kappa shape index (κ2) is 8.29. The number of hydrogen-bond donors (Lipinski definition) is 2. The van der Waals surface area contributed by atoms with Crippen LogP contribution < -0.4 is 15.5 Å². The van der Waals surface area contributed by atoms with Crippen molar-refractivity contribution in [2.45, 2.75) is 31.3 Å². The van der Waals surface area contributed by atoms with E-state index in [9.17, 15) is 27.2 Å². The highest BCUT2D eigenvalue weighted by molar-refractivity contribution is 7.80. The maximum Gasteiger partial charge on any atom is 0.414 e. The number of thiocarbonyl (C=S) groups is 1. The molecule has 2 heterocycles. The lowest BCUT2D eigenvalue weighted by atomic mass is 9.89. The molecule has 2 N–H and O–H groups in total. The van der Waals surface area contributed by atoms with Gasteiger partial charge in [0, 0.05) is 24.4 Å². The van der Waals surface area contributed by atoms with E-state index in [2.05, 4.69) is 22.9 Å². The summed E-state index contributed by atoms with van der Waals surface area (Å²) >= 11 is 4.44. The van der Waals surface area contributed by atoms with Crippen molar-refractivity contribution in [3.63, 3.8) is 0 Å². The van der Waals surface area contributed by atoms with Crippen molar-refractivity contribution in [3.8, 4) is 0 Å². The van der Waals surface area contributed by atoms with Crippen LogP contribution in [0.4, 0.5) is 28.0 Å². The standard InChI is InChI=1S/C17H17F4N3O3S/c18-11-4-9(5-12(19)14(11)8-1-2-22-13(25)3-8)24-7-10(27-17(24)26)6-23-16(28)15(20)21/h4-5,8,10,15H,1-3,6-7H2,(H,22,25)(H,23,28). The van der Waals surface area contributed by atoms with Gasteiger partial charge < -0.3 is 15.4 Å². The monoisotopic (exact) mass is 419 g/mol. The fourth-order valence-corrected chi connectivity index (χ4v) is 3.36. The summed E-state index contributed by atoms with van der Waals surface area (Å²) in [6.45, 7) is 0.102. The van der Waals surface area contributed by atoms with Gasteiger partial charge in [-0.1, -0.05) is 12.2 Å². The first-order valence-electron chi connectivity index (χ1n) is 8.56. The quantitative estimate of drug-likeness (QED) is 0.567. The van der Waals surface area contributed by atoms with Crippen LogP contribution in [0.5, 0.6) is 0 Å². The van der Waals surface area contributed by atoms with E-state index < -0.39 is 41.2 Å². The molecular weight excluding hydrogens is 402 g/mol. The number of ether oxygens (including phenoxy) is 1. The molecule has 2 saturated heterocycles. The summed E-state index contributed by atoms with van der Waals surface area (Å²) in [5.74, 6) is -2.58. The smallest absolute Gasteiger partial charge is 0.414 e. The average Bonchev–Trinajstić information content (AvgIpc) is 2.99. The normalized spacial score (nSPS) is 22.2. The largest absolute Gasteiger partial charge is 0.442 e. The lowest BCUT2D eigenvalue weighted by molar-refractivity contribution is -0.122. The van der Waals surface area contributed by atoms with Gasteiger partial charge in [0.2, 0.25) is 5.91 Å². The maximum atomic E-state index is 14.6. The number of anilines is 1. The molecule has 2 aliphatic heterocycles. The highest BCUT2D eigenvalue weighted by Crippen LogP contribution is 2.33. The first-order valence-corrected chi connectivity index (χ1v) is 8.96. The van der Waals surface area contributed by atoms with Gasteiger partial charge in [0.25, 0.3) is 6.43 Å². The summed E-state index contributed by atoms with van der Waals surface area (Å²) in [4.78, 5) is 23.8. The second-order valence-corrected chi connectivity index (χ2v) is 6.96. The third-order valence-corrected chi connectivity index (χ3v) is 4.93. The van der Waals surface area contributed by atoms with Gasteiger partial charge in [0.15, 0.2) is 0 Å². The third kappa shape index (κ3) is 4.34. The van der Waals surface area contributed by atoms with Crippen LogP contribution in [0.3, 0.4) is 0 Å². The summed E-state index contributed by atoms with van der Waals surface area (Å²) < 4.78 is 59.0. The molecule has 0 spiro atoms. The Morgan fingerprint density at radius 2 is 2.00 bits per heavy atom. The molecule has 2 aliphatic rings. The van der Waals surface area contributed by atoms with Gasteiger partial charge in [0.1, 0.15) is 22.7 Å². The number of halogens is 4. The summed E-state index contributed by atoms with van der Waals surface area (Å²) in [5.41, 5.74) is -0.241. The first kappa shape index (κ1) is 20.3. The number of nitrogens with one attached hydrogen (secondary N) is 2. The van der Waals surface area contributed by atoms with E-state index in [4.69, 9.17) is 4.74 Å². The second-order valence-electron chi connectivity index (χ2n) is 6.52. The number of amides is 2. The SMILES string of the molecule is O=C1CC(c2c(F)cc(N3CC(CNC(=S)C(F)F)OC3=O)cc2F)CCN1. The van der Waals surface area contributed by atoms with E-state index >= 15 is 0 Å². The average molecular weight is 419 g/mol. The van der Waals surface area contributed by atoms with Gasteiger partial charge >= 0.3 is 6.09 Å². The fraction of sp³-hybridized carbons (Fsp3) is 0.471. The number of carbonyl (C=O) groups excluding carboxylic acids is 2. The van der Waals surface area contributed by atoms with Crippen molar-refractivity contribution < 1.29 is 31.9 Å². The number of piperidine rings is 1. The van der Waals surface area contributed by atoms with Gasteiger partial charge in [-0.3, -0.25) is 9.69 Å².